The zero-order valence-electron chi connectivity index (χ0n) is 19.1. The molecule has 0 saturated heterocycles. The zero-order chi connectivity index (χ0) is 24.5. The van der Waals surface area contributed by atoms with E-state index in [1.807, 2.05) is 6.07 Å². The first-order valence-corrected chi connectivity index (χ1v) is 11.2. The number of halogens is 1. The van der Waals surface area contributed by atoms with Crippen molar-refractivity contribution >= 4 is 22.6 Å². The summed E-state index contributed by atoms with van der Waals surface area (Å²) >= 11 is 0. The first-order chi connectivity index (χ1) is 16.2. The number of aromatic nitrogens is 3. The molecule has 3 heterocycles. The number of nitrogens with two attached hydrogens (primary N) is 1. The van der Waals surface area contributed by atoms with Crippen molar-refractivity contribution < 1.29 is 14.3 Å². The van der Waals surface area contributed by atoms with Crippen molar-refractivity contribution in [3.05, 3.63) is 47.9 Å². The van der Waals surface area contributed by atoms with Gasteiger partial charge in [-0.3, -0.25) is 9.36 Å². The lowest BCUT2D eigenvalue weighted by atomic mass is 10.0. The molecule has 3 aromatic rings. The van der Waals surface area contributed by atoms with Crippen molar-refractivity contribution in [2.24, 2.45) is 5.73 Å². The molecule has 0 spiro atoms. The van der Waals surface area contributed by atoms with Gasteiger partial charge in [0, 0.05) is 42.1 Å². The first-order valence-electron chi connectivity index (χ1n) is 11.2. The van der Waals surface area contributed by atoms with Crippen molar-refractivity contribution in [2.75, 3.05) is 11.9 Å². The normalized spacial score (nSPS) is 19.1. The van der Waals surface area contributed by atoms with Crippen LogP contribution in [0.4, 0.5) is 10.1 Å². The highest BCUT2D eigenvalue weighted by Crippen LogP contribution is 2.27. The fourth-order valence-corrected chi connectivity index (χ4v) is 4.04. The van der Waals surface area contributed by atoms with E-state index in [-0.39, 0.29) is 24.2 Å². The Hall–Kier alpha value is -3.55. The Bertz CT molecular complexity index is 1240. The smallest absolute Gasteiger partial charge is 0.255 e. The highest BCUT2D eigenvalue weighted by molar-refractivity contribution is 5.99. The molecule has 5 N–H and O–H groups in total. The van der Waals surface area contributed by atoms with Gasteiger partial charge in [0.05, 0.1) is 29.0 Å². The second kappa shape index (κ2) is 9.37. The number of anilines is 1. The summed E-state index contributed by atoms with van der Waals surface area (Å²) in [5, 5.41) is 25.7. The third kappa shape index (κ3) is 5.00. The standard InChI is InChI=1S/C24H28FN7O2/c1-24(2,34)20(25)13-30-23(33)18-12-28-21(9-19(18)31-17-4-3-16(27)8-17)32-6-5-15-7-14(10-26)11-29-22(15)32/h5-7,9,11-12,16-17,20,34H,3-4,8,13,27H2,1-2H3,(H,28,31)(H,30,33). The second-order valence-corrected chi connectivity index (χ2v) is 9.27. The van der Waals surface area contributed by atoms with E-state index in [0.717, 1.165) is 24.6 Å². The van der Waals surface area contributed by atoms with Crippen molar-refractivity contribution in [3.8, 4) is 11.9 Å². The van der Waals surface area contributed by atoms with Crippen molar-refractivity contribution in [2.45, 2.75) is 57.0 Å². The summed E-state index contributed by atoms with van der Waals surface area (Å²) in [4.78, 5) is 21.7. The van der Waals surface area contributed by atoms with E-state index in [1.54, 1.807) is 22.9 Å². The molecule has 1 saturated carbocycles. The van der Waals surface area contributed by atoms with Crippen LogP contribution < -0.4 is 16.4 Å². The maximum atomic E-state index is 14.2. The van der Waals surface area contributed by atoms with Crippen molar-refractivity contribution in [1.29, 1.82) is 5.26 Å². The molecule has 1 aliphatic carbocycles. The lowest BCUT2D eigenvalue weighted by Crippen LogP contribution is -2.42. The number of nitrogens with one attached hydrogen (secondary N) is 2. The summed E-state index contributed by atoms with van der Waals surface area (Å²) in [5.41, 5.74) is 6.40. The van der Waals surface area contributed by atoms with E-state index in [1.165, 1.54) is 26.2 Å². The summed E-state index contributed by atoms with van der Waals surface area (Å²) in [6.07, 6.45) is 5.64. The van der Waals surface area contributed by atoms with Gasteiger partial charge in [-0.25, -0.2) is 14.4 Å². The highest BCUT2D eigenvalue weighted by atomic mass is 19.1. The minimum absolute atomic E-state index is 0.0971. The fraction of sp³-hybridized carbons (Fsp3) is 0.417. The molecule has 0 aliphatic heterocycles. The predicted molar refractivity (Wildman–Crippen MR) is 126 cm³/mol. The quantitative estimate of drug-likeness (QED) is 0.420. The number of alkyl halides is 1. The summed E-state index contributed by atoms with van der Waals surface area (Å²) < 4.78 is 15.9. The third-order valence-corrected chi connectivity index (χ3v) is 6.08. The number of nitriles is 1. The van der Waals surface area contributed by atoms with Crippen LogP contribution in [0.5, 0.6) is 0 Å². The van der Waals surface area contributed by atoms with Crippen LogP contribution in [0.2, 0.25) is 0 Å². The fourth-order valence-electron chi connectivity index (χ4n) is 4.04. The number of carbonyl (C=O) groups excluding carboxylic acids is 1. The molecule has 3 unspecified atom stereocenters. The van der Waals surface area contributed by atoms with Gasteiger partial charge >= 0.3 is 0 Å². The average Bonchev–Trinajstić information content (AvgIpc) is 3.41. The number of fused-ring (bicyclic) bond motifs is 1. The Morgan fingerprint density at radius 1 is 1.38 bits per heavy atom. The SMILES string of the molecule is CC(C)(O)C(F)CNC(=O)c1cnc(-n2ccc3cc(C#N)cnc32)cc1NC1CCC(N)C1. The van der Waals surface area contributed by atoms with Gasteiger partial charge in [-0.05, 0) is 45.2 Å². The number of pyridine rings is 2. The molecule has 10 heteroatoms. The van der Waals surface area contributed by atoms with Crippen LogP contribution in [0, 0.1) is 11.3 Å². The largest absolute Gasteiger partial charge is 0.387 e. The van der Waals surface area contributed by atoms with Gasteiger partial charge < -0.3 is 21.5 Å². The molecule has 4 rings (SSSR count). The van der Waals surface area contributed by atoms with Gasteiger partial charge in [-0.15, -0.1) is 0 Å². The summed E-state index contributed by atoms with van der Waals surface area (Å²) in [6, 6.07) is 7.61. The van der Waals surface area contributed by atoms with E-state index in [2.05, 4.69) is 26.7 Å². The average molecular weight is 466 g/mol. The third-order valence-electron chi connectivity index (χ3n) is 6.08. The van der Waals surface area contributed by atoms with Gasteiger partial charge in [0.1, 0.15) is 23.7 Å². The van der Waals surface area contributed by atoms with Crippen LogP contribution in [0.1, 0.15) is 49.0 Å². The molecular formula is C24H28FN7O2. The van der Waals surface area contributed by atoms with Gasteiger partial charge in [0.2, 0.25) is 0 Å². The van der Waals surface area contributed by atoms with E-state index < -0.39 is 17.7 Å². The van der Waals surface area contributed by atoms with E-state index >= 15 is 0 Å². The summed E-state index contributed by atoms with van der Waals surface area (Å²) in [5.74, 6) is 0.0401. The molecule has 9 nitrogen and oxygen atoms in total. The number of hydrogen-bond acceptors (Lipinski definition) is 7. The summed E-state index contributed by atoms with van der Waals surface area (Å²) in [7, 11) is 0. The molecular weight excluding hydrogens is 437 g/mol. The molecule has 0 aromatic carbocycles. The van der Waals surface area contributed by atoms with Crippen LogP contribution in [-0.4, -0.2) is 55.9 Å². The minimum atomic E-state index is -1.62. The van der Waals surface area contributed by atoms with Crippen LogP contribution >= 0.6 is 0 Å². The number of amides is 1. The van der Waals surface area contributed by atoms with Crippen LogP contribution in [0.15, 0.2) is 36.8 Å². The van der Waals surface area contributed by atoms with Gasteiger partial charge in [-0.1, -0.05) is 0 Å². The predicted octanol–water partition coefficient (Wildman–Crippen LogP) is 2.42. The first kappa shape index (κ1) is 23.6. The minimum Gasteiger partial charge on any atom is -0.387 e. The van der Waals surface area contributed by atoms with Gasteiger partial charge in [-0.2, -0.15) is 5.26 Å². The maximum absolute atomic E-state index is 14.2. The highest BCUT2D eigenvalue weighted by Gasteiger charge is 2.28. The molecule has 1 fully saturated rings. The Morgan fingerprint density at radius 2 is 2.18 bits per heavy atom. The number of nitrogens with zero attached hydrogens (tertiary/aromatic N) is 4. The monoisotopic (exact) mass is 465 g/mol. The number of rotatable bonds is 7. The molecule has 3 atom stereocenters. The number of carbonyl (C=O) groups is 1. The Balaban J connectivity index is 1.66. The zero-order valence-corrected chi connectivity index (χ0v) is 19.1. The molecule has 178 valence electrons. The Morgan fingerprint density at radius 3 is 2.85 bits per heavy atom. The lowest BCUT2D eigenvalue weighted by Gasteiger charge is -2.23. The molecule has 3 aromatic heterocycles. The molecule has 1 amide bonds. The lowest BCUT2D eigenvalue weighted by molar-refractivity contribution is -0.00177. The molecule has 1 aliphatic rings. The molecule has 0 radical (unpaired) electrons. The summed E-state index contributed by atoms with van der Waals surface area (Å²) in [6.45, 7) is 2.38. The maximum Gasteiger partial charge on any atom is 0.255 e. The van der Waals surface area contributed by atoms with Gasteiger partial charge in [0.25, 0.3) is 5.91 Å². The number of hydrogen-bond donors (Lipinski definition) is 4. The molecule has 34 heavy (non-hydrogen) atoms. The van der Waals surface area contributed by atoms with Crippen LogP contribution in [0.25, 0.3) is 16.9 Å². The Kier molecular flexibility index (Phi) is 6.50. The van der Waals surface area contributed by atoms with E-state index in [4.69, 9.17) is 11.0 Å². The second-order valence-electron chi connectivity index (χ2n) is 9.27. The van der Waals surface area contributed by atoms with E-state index in [0.29, 0.717) is 22.7 Å². The number of aliphatic hydroxyl groups is 1. The van der Waals surface area contributed by atoms with Crippen molar-refractivity contribution in [3.63, 3.8) is 0 Å². The molecule has 0 bridgehead atoms. The van der Waals surface area contributed by atoms with Crippen molar-refractivity contribution in [1.82, 2.24) is 19.9 Å². The van der Waals surface area contributed by atoms with Crippen LogP contribution in [-0.2, 0) is 0 Å². The van der Waals surface area contributed by atoms with Crippen LogP contribution in [0.3, 0.4) is 0 Å². The Labute approximate surface area is 196 Å². The topological polar surface area (TPSA) is 142 Å². The van der Waals surface area contributed by atoms with E-state index in [9.17, 15) is 14.3 Å². The van der Waals surface area contributed by atoms with Gasteiger partial charge in [0.15, 0.2) is 0 Å².